The monoisotopic (exact) mass is 215 g/mol. The molecule has 1 amide bonds. The molecule has 1 atom stereocenters. The number of amides is 1. The van der Waals surface area contributed by atoms with E-state index < -0.39 is 0 Å². The Bertz CT molecular complexity index is 333. The number of aromatic nitrogens is 2. The van der Waals surface area contributed by atoms with Gasteiger partial charge in [-0.1, -0.05) is 0 Å². The third kappa shape index (κ3) is 2.73. The number of aryl methyl sites for hydroxylation is 2. The molecule has 0 aliphatic carbocycles. The Morgan fingerprint density at radius 2 is 2.43 bits per heavy atom. The van der Waals surface area contributed by atoms with E-state index in [0.29, 0.717) is 12.2 Å². The normalized spacial score (nSPS) is 12.6. The lowest BCUT2D eigenvalue weighted by Crippen LogP contribution is -2.30. The first-order chi connectivity index (χ1) is 6.50. The smallest absolute Gasteiger partial charge is 0.269 e. The predicted octanol–water partition coefficient (Wildman–Crippen LogP) is 1.09. The van der Waals surface area contributed by atoms with Crippen LogP contribution in [-0.4, -0.2) is 27.6 Å². The SMILES string of the molecule is Cc1cc(C(=O)NCC(C)Cl)n(C)n1. The van der Waals surface area contributed by atoms with Gasteiger partial charge in [0.05, 0.1) is 5.69 Å². The van der Waals surface area contributed by atoms with E-state index in [4.69, 9.17) is 11.6 Å². The predicted molar refractivity (Wildman–Crippen MR) is 55.6 cm³/mol. The molecule has 14 heavy (non-hydrogen) atoms. The van der Waals surface area contributed by atoms with Crippen molar-refractivity contribution in [2.45, 2.75) is 19.2 Å². The molecule has 0 saturated carbocycles. The second-order valence-electron chi connectivity index (χ2n) is 3.29. The molecule has 1 rings (SSSR count). The van der Waals surface area contributed by atoms with Crippen LogP contribution in [0.2, 0.25) is 0 Å². The molecule has 0 fully saturated rings. The van der Waals surface area contributed by atoms with Crippen molar-refractivity contribution in [1.29, 1.82) is 0 Å². The highest BCUT2D eigenvalue weighted by molar-refractivity contribution is 6.20. The number of carbonyl (C=O) groups is 1. The number of halogens is 1. The highest BCUT2D eigenvalue weighted by Gasteiger charge is 2.11. The minimum atomic E-state index is -0.138. The van der Waals surface area contributed by atoms with Crippen LogP contribution < -0.4 is 5.32 Å². The van der Waals surface area contributed by atoms with E-state index in [2.05, 4.69) is 10.4 Å². The Morgan fingerprint density at radius 1 is 1.79 bits per heavy atom. The van der Waals surface area contributed by atoms with Crippen molar-refractivity contribution in [3.63, 3.8) is 0 Å². The molecule has 1 aromatic heterocycles. The van der Waals surface area contributed by atoms with Crippen molar-refractivity contribution in [1.82, 2.24) is 15.1 Å². The van der Waals surface area contributed by atoms with E-state index in [0.717, 1.165) is 5.69 Å². The van der Waals surface area contributed by atoms with Crippen molar-refractivity contribution >= 4 is 17.5 Å². The Labute approximate surface area is 88.2 Å². The molecule has 0 aliphatic heterocycles. The summed E-state index contributed by atoms with van der Waals surface area (Å²) in [6, 6.07) is 1.74. The molecule has 0 saturated heterocycles. The number of rotatable bonds is 3. The van der Waals surface area contributed by atoms with Crippen LogP contribution in [-0.2, 0) is 7.05 Å². The second kappa shape index (κ2) is 4.46. The number of hydrogen-bond donors (Lipinski definition) is 1. The molecule has 1 N–H and O–H groups in total. The summed E-state index contributed by atoms with van der Waals surface area (Å²) in [5, 5.41) is 6.74. The van der Waals surface area contributed by atoms with Gasteiger partial charge in [0.2, 0.25) is 0 Å². The number of alkyl halides is 1. The molecule has 0 spiro atoms. The number of hydrogen-bond acceptors (Lipinski definition) is 2. The zero-order chi connectivity index (χ0) is 10.7. The molecular formula is C9H14ClN3O. The van der Waals surface area contributed by atoms with E-state index in [1.54, 1.807) is 17.8 Å². The van der Waals surface area contributed by atoms with Crippen molar-refractivity contribution in [3.8, 4) is 0 Å². The second-order valence-corrected chi connectivity index (χ2v) is 4.03. The number of nitrogens with one attached hydrogen (secondary N) is 1. The maximum atomic E-state index is 11.6. The molecular weight excluding hydrogens is 202 g/mol. The molecule has 1 aromatic rings. The summed E-state index contributed by atoms with van der Waals surface area (Å²) in [4.78, 5) is 11.6. The number of carbonyl (C=O) groups excluding carboxylic acids is 1. The fourth-order valence-corrected chi connectivity index (χ4v) is 1.22. The average Bonchev–Trinajstić information content (AvgIpc) is 2.41. The molecule has 0 bridgehead atoms. The maximum absolute atomic E-state index is 11.6. The zero-order valence-corrected chi connectivity index (χ0v) is 9.30. The van der Waals surface area contributed by atoms with Crippen LogP contribution in [0.1, 0.15) is 23.1 Å². The van der Waals surface area contributed by atoms with E-state index in [1.807, 2.05) is 13.8 Å². The number of nitrogens with zero attached hydrogens (tertiary/aromatic N) is 2. The molecule has 1 unspecified atom stereocenters. The summed E-state index contributed by atoms with van der Waals surface area (Å²) in [6.07, 6.45) is 0. The van der Waals surface area contributed by atoms with Crippen molar-refractivity contribution in [2.75, 3.05) is 6.54 Å². The Balaban J connectivity index is 2.65. The first kappa shape index (κ1) is 11.0. The van der Waals surface area contributed by atoms with Gasteiger partial charge in [-0.05, 0) is 19.9 Å². The van der Waals surface area contributed by atoms with Crippen LogP contribution in [0.5, 0.6) is 0 Å². The zero-order valence-electron chi connectivity index (χ0n) is 8.54. The topological polar surface area (TPSA) is 46.9 Å². The van der Waals surface area contributed by atoms with Crippen LogP contribution in [0.15, 0.2) is 6.07 Å². The van der Waals surface area contributed by atoms with E-state index in [1.165, 1.54) is 0 Å². The van der Waals surface area contributed by atoms with Gasteiger partial charge in [-0.15, -0.1) is 11.6 Å². The Morgan fingerprint density at radius 3 is 2.86 bits per heavy atom. The summed E-state index contributed by atoms with van der Waals surface area (Å²) >= 11 is 5.72. The lowest BCUT2D eigenvalue weighted by atomic mass is 10.3. The summed E-state index contributed by atoms with van der Waals surface area (Å²) < 4.78 is 1.56. The van der Waals surface area contributed by atoms with Gasteiger partial charge in [0, 0.05) is 19.0 Å². The van der Waals surface area contributed by atoms with Crippen molar-refractivity contribution < 1.29 is 4.79 Å². The van der Waals surface area contributed by atoms with Gasteiger partial charge in [0.25, 0.3) is 5.91 Å². The van der Waals surface area contributed by atoms with E-state index in [9.17, 15) is 4.79 Å². The van der Waals surface area contributed by atoms with Crippen LogP contribution in [0, 0.1) is 6.92 Å². The fraction of sp³-hybridized carbons (Fsp3) is 0.556. The lowest BCUT2D eigenvalue weighted by Gasteiger charge is -2.05. The highest BCUT2D eigenvalue weighted by atomic mass is 35.5. The largest absolute Gasteiger partial charge is 0.349 e. The van der Waals surface area contributed by atoms with Gasteiger partial charge in [-0.2, -0.15) is 5.10 Å². The van der Waals surface area contributed by atoms with Crippen LogP contribution in [0.3, 0.4) is 0 Å². The molecule has 0 aliphatic rings. The minimum absolute atomic E-state index is 0.0618. The molecule has 0 aromatic carbocycles. The third-order valence-corrected chi connectivity index (χ3v) is 1.93. The van der Waals surface area contributed by atoms with Crippen LogP contribution in [0.4, 0.5) is 0 Å². The van der Waals surface area contributed by atoms with Crippen molar-refractivity contribution in [3.05, 3.63) is 17.5 Å². The van der Waals surface area contributed by atoms with E-state index >= 15 is 0 Å². The van der Waals surface area contributed by atoms with Gasteiger partial charge >= 0.3 is 0 Å². The molecule has 5 heteroatoms. The first-order valence-corrected chi connectivity index (χ1v) is 4.87. The minimum Gasteiger partial charge on any atom is -0.349 e. The molecule has 4 nitrogen and oxygen atoms in total. The van der Waals surface area contributed by atoms with Gasteiger partial charge in [0.1, 0.15) is 5.69 Å². The summed E-state index contributed by atoms with van der Waals surface area (Å²) in [5.74, 6) is -0.138. The van der Waals surface area contributed by atoms with Gasteiger partial charge in [-0.3, -0.25) is 9.48 Å². The molecule has 1 heterocycles. The highest BCUT2D eigenvalue weighted by Crippen LogP contribution is 2.01. The Hall–Kier alpha value is -1.03. The summed E-state index contributed by atoms with van der Waals surface area (Å²) in [7, 11) is 1.74. The molecule has 0 radical (unpaired) electrons. The quantitative estimate of drug-likeness (QED) is 0.768. The lowest BCUT2D eigenvalue weighted by molar-refractivity contribution is 0.0944. The van der Waals surface area contributed by atoms with Gasteiger partial charge < -0.3 is 5.32 Å². The van der Waals surface area contributed by atoms with Crippen LogP contribution >= 0.6 is 11.6 Å². The average molecular weight is 216 g/mol. The Kier molecular flexibility index (Phi) is 3.52. The van der Waals surface area contributed by atoms with Gasteiger partial charge in [0.15, 0.2) is 0 Å². The summed E-state index contributed by atoms with van der Waals surface area (Å²) in [6.45, 7) is 4.14. The third-order valence-electron chi connectivity index (χ3n) is 1.78. The van der Waals surface area contributed by atoms with Gasteiger partial charge in [-0.25, -0.2) is 0 Å². The van der Waals surface area contributed by atoms with Crippen LogP contribution in [0.25, 0.3) is 0 Å². The maximum Gasteiger partial charge on any atom is 0.269 e. The first-order valence-electron chi connectivity index (χ1n) is 4.43. The van der Waals surface area contributed by atoms with E-state index in [-0.39, 0.29) is 11.3 Å². The molecule has 78 valence electrons. The standard InChI is InChI=1S/C9H14ClN3O/c1-6(10)5-11-9(14)8-4-7(2)12-13(8)3/h4,6H,5H2,1-3H3,(H,11,14). The fourth-order valence-electron chi connectivity index (χ4n) is 1.15. The van der Waals surface area contributed by atoms with Crippen molar-refractivity contribution in [2.24, 2.45) is 7.05 Å². The summed E-state index contributed by atoms with van der Waals surface area (Å²) in [5.41, 5.74) is 1.39.